The first kappa shape index (κ1) is 19.5. The lowest BCUT2D eigenvalue weighted by Gasteiger charge is -1.86. The summed E-state index contributed by atoms with van der Waals surface area (Å²) in [5.74, 6) is 0. The molecule has 118 valence electrons. The highest BCUT2D eigenvalue weighted by atomic mass is 16.6. The molecule has 2 unspecified atom stereocenters. The first-order chi connectivity index (χ1) is 10.3. The van der Waals surface area contributed by atoms with Gasteiger partial charge in [0.15, 0.2) is 0 Å². The Kier molecular flexibility index (Phi) is 13.9. The summed E-state index contributed by atoms with van der Waals surface area (Å²) in [5, 5.41) is 0. The SMILES string of the molecule is CC/C=C\CC/C=C/C=O.CCC1OC1CC/C=C/C=O. The van der Waals surface area contributed by atoms with E-state index in [0.717, 1.165) is 51.1 Å². The Morgan fingerprint density at radius 2 is 1.43 bits per heavy atom. The fourth-order valence-corrected chi connectivity index (χ4v) is 1.83. The Hall–Kier alpha value is -1.48. The summed E-state index contributed by atoms with van der Waals surface area (Å²) >= 11 is 0. The van der Waals surface area contributed by atoms with Crippen LogP contribution in [0.15, 0.2) is 36.5 Å². The molecule has 21 heavy (non-hydrogen) atoms. The van der Waals surface area contributed by atoms with E-state index in [9.17, 15) is 9.59 Å². The topological polar surface area (TPSA) is 46.7 Å². The van der Waals surface area contributed by atoms with Crippen LogP contribution >= 0.6 is 0 Å². The fraction of sp³-hybridized carbons (Fsp3) is 0.556. The van der Waals surface area contributed by atoms with E-state index in [1.54, 1.807) is 12.2 Å². The Morgan fingerprint density at radius 3 is 1.95 bits per heavy atom. The Morgan fingerprint density at radius 1 is 0.810 bits per heavy atom. The van der Waals surface area contributed by atoms with E-state index in [2.05, 4.69) is 26.0 Å². The standard InChI is InChI=1S/C9H14O2.C9H14O/c1-2-8-9(11-8)6-4-3-5-7-10;1-2-3-4-5-6-7-8-9-10/h3,5,7-9H,2,4,6H2,1H3;3-4,7-9H,2,5-6H2,1H3/b5-3+;4-3-,8-7+. The number of hydrogen-bond donors (Lipinski definition) is 0. The summed E-state index contributed by atoms with van der Waals surface area (Å²) in [6, 6.07) is 0. The van der Waals surface area contributed by atoms with Gasteiger partial charge >= 0.3 is 0 Å². The number of aldehydes is 2. The van der Waals surface area contributed by atoms with Crippen LogP contribution in [0.3, 0.4) is 0 Å². The van der Waals surface area contributed by atoms with Crippen molar-refractivity contribution in [1.82, 2.24) is 0 Å². The third-order valence-electron chi connectivity index (χ3n) is 3.04. The van der Waals surface area contributed by atoms with Crippen LogP contribution in [-0.2, 0) is 14.3 Å². The minimum absolute atomic E-state index is 0.469. The van der Waals surface area contributed by atoms with Crippen molar-refractivity contribution >= 4 is 12.6 Å². The normalized spacial score (nSPS) is 20.7. The first-order valence-electron chi connectivity index (χ1n) is 7.81. The summed E-state index contributed by atoms with van der Waals surface area (Å²) in [6.45, 7) is 4.24. The van der Waals surface area contributed by atoms with Crippen molar-refractivity contribution in [2.45, 2.75) is 64.6 Å². The predicted molar refractivity (Wildman–Crippen MR) is 87.3 cm³/mol. The predicted octanol–water partition coefficient (Wildman–Crippen LogP) is 4.19. The van der Waals surface area contributed by atoms with E-state index in [1.807, 2.05) is 12.2 Å². The van der Waals surface area contributed by atoms with Gasteiger partial charge in [0, 0.05) is 0 Å². The molecular weight excluding hydrogens is 264 g/mol. The van der Waals surface area contributed by atoms with Crippen LogP contribution in [-0.4, -0.2) is 24.8 Å². The molecular formula is C18H28O3. The molecule has 1 rings (SSSR count). The molecule has 1 saturated heterocycles. The molecule has 0 spiro atoms. The number of ether oxygens (including phenoxy) is 1. The molecule has 0 N–H and O–H groups in total. The Balaban J connectivity index is 0.000000384. The van der Waals surface area contributed by atoms with Gasteiger partial charge in [-0.3, -0.25) is 9.59 Å². The summed E-state index contributed by atoms with van der Waals surface area (Å²) in [7, 11) is 0. The number of rotatable bonds is 10. The molecule has 0 aromatic heterocycles. The van der Waals surface area contributed by atoms with Crippen LogP contribution in [0.1, 0.15) is 52.4 Å². The lowest BCUT2D eigenvalue weighted by atomic mass is 10.1. The van der Waals surface area contributed by atoms with E-state index in [4.69, 9.17) is 4.74 Å². The van der Waals surface area contributed by atoms with Gasteiger partial charge in [0.1, 0.15) is 12.6 Å². The second kappa shape index (κ2) is 14.9. The average Bonchev–Trinajstić information content (AvgIpc) is 3.27. The van der Waals surface area contributed by atoms with Gasteiger partial charge in [0.25, 0.3) is 0 Å². The molecule has 3 heteroatoms. The van der Waals surface area contributed by atoms with Gasteiger partial charge < -0.3 is 4.74 Å². The Labute approximate surface area is 128 Å². The zero-order chi connectivity index (χ0) is 15.8. The number of carbonyl (C=O) groups excluding carboxylic acids is 2. The van der Waals surface area contributed by atoms with Gasteiger partial charge in [-0.25, -0.2) is 0 Å². The molecule has 0 aromatic rings. The number of carbonyl (C=O) groups is 2. The highest BCUT2D eigenvalue weighted by Gasteiger charge is 2.35. The summed E-state index contributed by atoms with van der Waals surface area (Å²) in [6.07, 6.45) is 19.9. The average molecular weight is 292 g/mol. The molecule has 2 atom stereocenters. The Bertz CT molecular complexity index is 342. The van der Waals surface area contributed by atoms with Crippen LogP contribution in [0.4, 0.5) is 0 Å². The smallest absolute Gasteiger partial charge is 0.142 e. The molecule has 0 aromatic carbocycles. The van der Waals surface area contributed by atoms with Crippen molar-refractivity contribution < 1.29 is 14.3 Å². The monoisotopic (exact) mass is 292 g/mol. The van der Waals surface area contributed by atoms with Gasteiger partial charge in [0.2, 0.25) is 0 Å². The molecule has 1 heterocycles. The van der Waals surface area contributed by atoms with Gasteiger partial charge in [-0.15, -0.1) is 0 Å². The third-order valence-corrected chi connectivity index (χ3v) is 3.04. The lowest BCUT2D eigenvalue weighted by molar-refractivity contribution is -0.104. The van der Waals surface area contributed by atoms with Crippen molar-refractivity contribution in [2.24, 2.45) is 0 Å². The van der Waals surface area contributed by atoms with Gasteiger partial charge in [-0.05, 0) is 50.7 Å². The van der Waals surface area contributed by atoms with Gasteiger partial charge in [-0.1, -0.05) is 38.2 Å². The van der Waals surface area contributed by atoms with E-state index < -0.39 is 0 Å². The summed E-state index contributed by atoms with van der Waals surface area (Å²) < 4.78 is 5.32. The summed E-state index contributed by atoms with van der Waals surface area (Å²) in [4.78, 5) is 19.7. The fourth-order valence-electron chi connectivity index (χ4n) is 1.83. The minimum Gasteiger partial charge on any atom is -0.370 e. The van der Waals surface area contributed by atoms with Crippen molar-refractivity contribution in [3.63, 3.8) is 0 Å². The molecule has 0 amide bonds. The maximum atomic E-state index is 9.87. The molecule has 0 bridgehead atoms. The highest BCUT2D eigenvalue weighted by molar-refractivity contribution is 5.64. The highest BCUT2D eigenvalue weighted by Crippen LogP contribution is 2.28. The molecule has 0 radical (unpaired) electrons. The van der Waals surface area contributed by atoms with E-state index in [0.29, 0.717) is 12.2 Å². The first-order valence-corrected chi connectivity index (χ1v) is 7.81. The van der Waals surface area contributed by atoms with E-state index in [-0.39, 0.29) is 0 Å². The lowest BCUT2D eigenvalue weighted by Crippen LogP contribution is -1.90. The van der Waals surface area contributed by atoms with Crippen molar-refractivity contribution in [2.75, 3.05) is 0 Å². The third kappa shape index (κ3) is 13.3. The van der Waals surface area contributed by atoms with E-state index in [1.165, 1.54) is 0 Å². The second-order valence-corrected chi connectivity index (χ2v) is 4.78. The quantitative estimate of drug-likeness (QED) is 0.199. The molecule has 1 fully saturated rings. The van der Waals surface area contributed by atoms with Crippen LogP contribution in [0.5, 0.6) is 0 Å². The molecule has 1 aliphatic rings. The molecule has 0 aliphatic carbocycles. The molecule has 1 aliphatic heterocycles. The number of epoxide rings is 1. The number of unbranched alkanes of at least 4 members (excludes halogenated alkanes) is 1. The van der Waals surface area contributed by atoms with Crippen LogP contribution in [0.25, 0.3) is 0 Å². The minimum atomic E-state index is 0.469. The number of hydrogen-bond acceptors (Lipinski definition) is 3. The second-order valence-electron chi connectivity index (χ2n) is 4.78. The van der Waals surface area contributed by atoms with Crippen LogP contribution < -0.4 is 0 Å². The van der Waals surface area contributed by atoms with Crippen molar-refractivity contribution in [1.29, 1.82) is 0 Å². The zero-order valence-corrected chi connectivity index (χ0v) is 13.2. The van der Waals surface area contributed by atoms with Crippen molar-refractivity contribution in [3.8, 4) is 0 Å². The maximum absolute atomic E-state index is 9.87. The van der Waals surface area contributed by atoms with Gasteiger partial charge in [0.05, 0.1) is 12.2 Å². The van der Waals surface area contributed by atoms with Crippen LogP contribution in [0, 0.1) is 0 Å². The van der Waals surface area contributed by atoms with Crippen molar-refractivity contribution in [3.05, 3.63) is 36.5 Å². The zero-order valence-electron chi connectivity index (χ0n) is 13.2. The molecule has 3 nitrogen and oxygen atoms in total. The largest absolute Gasteiger partial charge is 0.370 e. The maximum Gasteiger partial charge on any atom is 0.142 e. The number of allylic oxidation sites excluding steroid dienone is 6. The summed E-state index contributed by atoms with van der Waals surface area (Å²) in [5.41, 5.74) is 0. The van der Waals surface area contributed by atoms with Crippen LogP contribution in [0.2, 0.25) is 0 Å². The molecule has 0 saturated carbocycles. The van der Waals surface area contributed by atoms with E-state index >= 15 is 0 Å². The van der Waals surface area contributed by atoms with Gasteiger partial charge in [-0.2, -0.15) is 0 Å².